The van der Waals surface area contributed by atoms with Gasteiger partial charge < -0.3 is 4.74 Å². The Kier molecular flexibility index (Phi) is 5.28. The SMILES string of the molecule is COc1cccc(N(Cc2ccccc2)S(=O)(=O)c2ccc(C)cc2)c1. The number of methoxy groups -OCH3 is 1. The molecule has 0 aliphatic carbocycles. The normalized spacial score (nSPS) is 11.2. The second-order valence-electron chi connectivity index (χ2n) is 6.01. The molecule has 26 heavy (non-hydrogen) atoms. The smallest absolute Gasteiger partial charge is 0.264 e. The van der Waals surface area contributed by atoms with Crippen molar-refractivity contribution in [1.29, 1.82) is 0 Å². The third-order valence-electron chi connectivity index (χ3n) is 4.12. The van der Waals surface area contributed by atoms with E-state index in [2.05, 4.69) is 0 Å². The van der Waals surface area contributed by atoms with Crippen LogP contribution in [0.25, 0.3) is 0 Å². The zero-order valence-electron chi connectivity index (χ0n) is 14.8. The van der Waals surface area contributed by atoms with Crippen molar-refractivity contribution in [2.45, 2.75) is 18.4 Å². The van der Waals surface area contributed by atoms with Crippen LogP contribution in [0, 0.1) is 6.92 Å². The molecule has 0 saturated carbocycles. The van der Waals surface area contributed by atoms with Crippen LogP contribution in [0.4, 0.5) is 5.69 Å². The molecule has 3 aromatic carbocycles. The van der Waals surface area contributed by atoms with Crippen molar-refractivity contribution in [2.24, 2.45) is 0 Å². The van der Waals surface area contributed by atoms with Crippen LogP contribution >= 0.6 is 0 Å². The number of sulfonamides is 1. The molecule has 0 fully saturated rings. The molecule has 0 N–H and O–H groups in total. The molecule has 0 atom stereocenters. The van der Waals surface area contributed by atoms with Crippen LogP contribution in [0.1, 0.15) is 11.1 Å². The van der Waals surface area contributed by atoms with Gasteiger partial charge in [-0.05, 0) is 36.8 Å². The molecule has 5 heteroatoms. The minimum atomic E-state index is -3.72. The quantitative estimate of drug-likeness (QED) is 0.649. The summed E-state index contributed by atoms with van der Waals surface area (Å²) in [6, 6.07) is 23.5. The van der Waals surface area contributed by atoms with E-state index < -0.39 is 10.0 Å². The Bertz CT molecular complexity index is 968. The Morgan fingerprint density at radius 3 is 2.23 bits per heavy atom. The molecule has 0 radical (unpaired) electrons. The Labute approximate surface area is 154 Å². The Morgan fingerprint density at radius 2 is 1.58 bits per heavy atom. The van der Waals surface area contributed by atoms with Crippen LogP contribution in [0.2, 0.25) is 0 Å². The number of nitrogens with zero attached hydrogens (tertiary/aromatic N) is 1. The van der Waals surface area contributed by atoms with Crippen LogP contribution in [0.5, 0.6) is 5.75 Å². The molecule has 3 rings (SSSR count). The molecular weight excluding hydrogens is 346 g/mol. The van der Waals surface area contributed by atoms with Crippen molar-refractivity contribution in [2.75, 3.05) is 11.4 Å². The topological polar surface area (TPSA) is 46.6 Å². The van der Waals surface area contributed by atoms with Gasteiger partial charge in [0.25, 0.3) is 10.0 Å². The molecule has 0 aromatic heterocycles. The van der Waals surface area contributed by atoms with Crippen molar-refractivity contribution in [3.63, 3.8) is 0 Å². The highest BCUT2D eigenvalue weighted by Crippen LogP contribution is 2.28. The molecular formula is C21H21NO3S. The van der Waals surface area contributed by atoms with Gasteiger partial charge in [-0.1, -0.05) is 54.1 Å². The Hall–Kier alpha value is -2.79. The van der Waals surface area contributed by atoms with E-state index in [0.717, 1.165) is 11.1 Å². The zero-order chi connectivity index (χ0) is 18.6. The van der Waals surface area contributed by atoms with Gasteiger partial charge in [0.05, 0.1) is 24.2 Å². The van der Waals surface area contributed by atoms with Gasteiger partial charge in [0, 0.05) is 6.07 Å². The zero-order valence-corrected chi connectivity index (χ0v) is 15.6. The number of aryl methyl sites for hydroxylation is 1. The summed E-state index contributed by atoms with van der Waals surface area (Å²) in [7, 11) is -2.15. The summed E-state index contributed by atoms with van der Waals surface area (Å²) in [4.78, 5) is 0.266. The fourth-order valence-corrected chi connectivity index (χ4v) is 4.11. The number of rotatable bonds is 6. The summed E-state index contributed by atoms with van der Waals surface area (Å²) >= 11 is 0. The average Bonchev–Trinajstić information content (AvgIpc) is 2.67. The van der Waals surface area contributed by atoms with Gasteiger partial charge in [-0.2, -0.15) is 0 Å². The number of ether oxygens (including phenoxy) is 1. The minimum Gasteiger partial charge on any atom is -0.497 e. The largest absolute Gasteiger partial charge is 0.497 e. The first-order chi connectivity index (χ1) is 12.5. The molecule has 0 spiro atoms. The van der Waals surface area contributed by atoms with Crippen molar-refractivity contribution < 1.29 is 13.2 Å². The van der Waals surface area contributed by atoms with Gasteiger partial charge in [-0.3, -0.25) is 4.31 Å². The summed E-state index contributed by atoms with van der Waals surface area (Å²) in [6.07, 6.45) is 0. The molecule has 134 valence electrons. The van der Waals surface area contributed by atoms with Gasteiger partial charge in [0.15, 0.2) is 0 Å². The molecule has 0 aliphatic heterocycles. The van der Waals surface area contributed by atoms with E-state index in [1.165, 1.54) is 4.31 Å². The van der Waals surface area contributed by atoms with Crippen LogP contribution in [-0.4, -0.2) is 15.5 Å². The van der Waals surface area contributed by atoms with Crippen LogP contribution in [0.3, 0.4) is 0 Å². The highest BCUT2D eigenvalue weighted by molar-refractivity contribution is 7.92. The van der Waals surface area contributed by atoms with Crippen LogP contribution in [0.15, 0.2) is 83.8 Å². The van der Waals surface area contributed by atoms with Gasteiger partial charge >= 0.3 is 0 Å². The molecule has 0 saturated heterocycles. The van der Waals surface area contributed by atoms with Gasteiger partial charge in [0.1, 0.15) is 5.75 Å². The van der Waals surface area contributed by atoms with Gasteiger partial charge in [-0.15, -0.1) is 0 Å². The number of anilines is 1. The van der Waals surface area contributed by atoms with Crippen molar-refractivity contribution >= 4 is 15.7 Å². The fraction of sp³-hybridized carbons (Fsp3) is 0.143. The molecule has 0 unspecified atom stereocenters. The van der Waals surface area contributed by atoms with E-state index in [0.29, 0.717) is 11.4 Å². The third-order valence-corrected chi connectivity index (χ3v) is 5.91. The lowest BCUT2D eigenvalue weighted by Crippen LogP contribution is -2.30. The lowest BCUT2D eigenvalue weighted by molar-refractivity contribution is 0.415. The van der Waals surface area contributed by atoms with E-state index in [9.17, 15) is 8.42 Å². The van der Waals surface area contributed by atoms with Crippen LogP contribution < -0.4 is 9.04 Å². The molecule has 0 aliphatic rings. The van der Waals surface area contributed by atoms with E-state index >= 15 is 0 Å². The van der Waals surface area contributed by atoms with Crippen molar-refractivity contribution in [1.82, 2.24) is 0 Å². The first kappa shape index (κ1) is 18.0. The fourth-order valence-electron chi connectivity index (χ4n) is 2.67. The summed E-state index contributed by atoms with van der Waals surface area (Å²) in [6.45, 7) is 2.17. The number of hydrogen-bond acceptors (Lipinski definition) is 3. The average molecular weight is 367 g/mol. The minimum absolute atomic E-state index is 0.240. The van der Waals surface area contributed by atoms with Gasteiger partial charge in [0.2, 0.25) is 0 Å². The van der Waals surface area contributed by atoms with E-state index in [4.69, 9.17) is 4.74 Å². The Morgan fingerprint density at radius 1 is 0.885 bits per heavy atom. The highest BCUT2D eigenvalue weighted by atomic mass is 32.2. The third kappa shape index (κ3) is 3.89. The predicted octanol–water partition coefficient (Wildman–Crippen LogP) is 4.40. The van der Waals surface area contributed by atoms with E-state index in [1.54, 1.807) is 55.6 Å². The first-order valence-corrected chi connectivity index (χ1v) is 9.72. The lowest BCUT2D eigenvalue weighted by Gasteiger charge is -2.25. The van der Waals surface area contributed by atoms with E-state index in [1.807, 2.05) is 37.3 Å². The molecule has 0 bridgehead atoms. The summed E-state index contributed by atoms with van der Waals surface area (Å²) < 4.78 is 33.3. The standard InChI is InChI=1S/C21H21NO3S/c1-17-11-13-21(14-12-17)26(23,24)22(16-18-7-4-3-5-8-18)19-9-6-10-20(15-19)25-2/h3-15H,16H2,1-2H3. The molecule has 4 nitrogen and oxygen atoms in total. The second kappa shape index (κ2) is 7.62. The maximum atomic E-state index is 13.3. The summed E-state index contributed by atoms with van der Waals surface area (Å²) in [5.74, 6) is 0.611. The number of benzene rings is 3. The second-order valence-corrected chi connectivity index (χ2v) is 7.87. The van der Waals surface area contributed by atoms with Crippen molar-refractivity contribution in [3.05, 3.63) is 90.0 Å². The maximum absolute atomic E-state index is 13.3. The Balaban J connectivity index is 2.08. The highest BCUT2D eigenvalue weighted by Gasteiger charge is 2.25. The van der Waals surface area contributed by atoms with Crippen LogP contribution in [-0.2, 0) is 16.6 Å². The van der Waals surface area contributed by atoms with Crippen molar-refractivity contribution in [3.8, 4) is 5.75 Å². The molecule has 3 aromatic rings. The predicted molar refractivity (Wildman–Crippen MR) is 104 cm³/mol. The maximum Gasteiger partial charge on any atom is 0.264 e. The first-order valence-electron chi connectivity index (χ1n) is 8.28. The van der Waals surface area contributed by atoms with Gasteiger partial charge in [-0.25, -0.2) is 8.42 Å². The molecule has 0 heterocycles. The summed E-state index contributed by atoms with van der Waals surface area (Å²) in [5, 5.41) is 0. The lowest BCUT2D eigenvalue weighted by atomic mass is 10.2. The van der Waals surface area contributed by atoms with E-state index in [-0.39, 0.29) is 11.4 Å². The number of hydrogen-bond donors (Lipinski definition) is 0. The molecule has 0 amide bonds. The summed E-state index contributed by atoms with van der Waals surface area (Å²) in [5.41, 5.74) is 2.49. The monoisotopic (exact) mass is 367 g/mol.